The molecule has 6 heteroatoms. The molecule has 6 nitrogen and oxygen atoms in total. The van der Waals surface area contributed by atoms with Crippen LogP contribution in [0.1, 0.15) is 18.1 Å². The molecule has 0 aliphatic carbocycles. The second-order valence-electron chi connectivity index (χ2n) is 3.89. The van der Waals surface area contributed by atoms with Crippen LogP contribution >= 0.6 is 0 Å². The highest BCUT2D eigenvalue weighted by Crippen LogP contribution is 1.95. The Hall–Kier alpha value is -1.69. The van der Waals surface area contributed by atoms with Gasteiger partial charge < -0.3 is 14.4 Å². The number of rotatable bonds is 7. The van der Waals surface area contributed by atoms with Crippen molar-refractivity contribution in [2.24, 2.45) is 0 Å². The first-order valence-corrected chi connectivity index (χ1v) is 5.80. The van der Waals surface area contributed by atoms with Crippen LogP contribution in [0, 0.1) is 6.92 Å². The summed E-state index contributed by atoms with van der Waals surface area (Å²) in [5, 5.41) is 7.09. The molecule has 2 aromatic heterocycles. The maximum absolute atomic E-state index is 5.02. The topological polar surface area (TPSA) is 68.8 Å². The number of aromatic nitrogens is 4. The lowest BCUT2D eigenvalue weighted by Crippen LogP contribution is -2.19. The Balaban J connectivity index is 1.52. The van der Waals surface area contributed by atoms with Crippen molar-refractivity contribution in [1.82, 2.24) is 25.0 Å². The number of hydrogen-bond donors (Lipinski definition) is 1. The van der Waals surface area contributed by atoms with Gasteiger partial charge in [-0.1, -0.05) is 5.16 Å². The van der Waals surface area contributed by atoms with E-state index in [1.54, 1.807) is 6.20 Å². The van der Waals surface area contributed by atoms with Crippen molar-refractivity contribution in [3.05, 3.63) is 30.4 Å². The van der Waals surface area contributed by atoms with Gasteiger partial charge in [-0.3, -0.25) is 0 Å². The average Bonchev–Trinajstić information content (AvgIpc) is 2.95. The molecule has 0 saturated carbocycles. The fraction of sp³-hybridized carbons (Fsp3) is 0.545. The molecule has 2 rings (SSSR count). The summed E-state index contributed by atoms with van der Waals surface area (Å²) >= 11 is 0. The van der Waals surface area contributed by atoms with Gasteiger partial charge in [-0.15, -0.1) is 0 Å². The van der Waals surface area contributed by atoms with Crippen LogP contribution in [0.5, 0.6) is 0 Å². The van der Waals surface area contributed by atoms with Crippen LogP contribution in [0.25, 0.3) is 0 Å². The molecule has 0 aliphatic rings. The minimum Gasteiger partial charge on any atom is -0.339 e. The van der Waals surface area contributed by atoms with E-state index in [0.29, 0.717) is 11.7 Å². The summed E-state index contributed by atoms with van der Waals surface area (Å²) in [4.78, 5) is 8.13. The summed E-state index contributed by atoms with van der Waals surface area (Å²) in [6.07, 6.45) is 7.47. The fourth-order valence-corrected chi connectivity index (χ4v) is 1.57. The molecule has 1 N–H and O–H groups in total. The quantitative estimate of drug-likeness (QED) is 0.719. The van der Waals surface area contributed by atoms with Gasteiger partial charge >= 0.3 is 0 Å². The number of aryl methyl sites for hydroxylation is 2. The van der Waals surface area contributed by atoms with Crippen molar-refractivity contribution < 1.29 is 4.52 Å². The monoisotopic (exact) mass is 235 g/mol. The van der Waals surface area contributed by atoms with E-state index in [9.17, 15) is 0 Å². The van der Waals surface area contributed by atoms with Gasteiger partial charge in [0.2, 0.25) is 5.89 Å². The van der Waals surface area contributed by atoms with Crippen LogP contribution in [0.15, 0.2) is 23.2 Å². The summed E-state index contributed by atoms with van der Waals surface area (Å²) in [7, 11) is 0. The van der Waals surface area contributed by atoms with Crippen molar-refractivity contribution in [2.45, 2.75) is 26.3 Å². The van der Waals surface area contributed by atoms with Gasteiger partial charge in [0, 0.05) is 31.9 Å². The van der Waals surface area contributed by atoms with E-state index < -0.39 is 0 Å². The average molecular weight is 235 g/mol. The second kappa shape index (κ2) is 6.15. The summed E-state index contributed by atoms with van der Waals surface area (Å²) in [6.45, 7) is 4.66. The zero-order chi connectivity index (χ0) is 11.9. The SMILES string of the molecule is Cc1noc(CCNCCCn2ccnc2)n1. The van der Waals surface area contributed by atoms with E-state index in [1.165, 1.54) is 0 Å². The van der Waals surface area contributed by atoms with Crippen LogP contribution < -0.4 is 5.32 Å². The summed E-state index contributed by atoms with van der Waals surface area (Å²) in [5.41, 5.74) is 0. The van der Waals surface area contributed by atoms with Crippen molar-refractivity contribution in [1.29, 1.82) is 0 Å². The van der Waals surface area contributed by atoms with E-state index in [2.05, 4.69) is 25.0 Å². The zero-order valence-electron chi connectivity index (χ0n) is 9.96. The number of imidazole rings is 1. The molecular formula is C11H17N5O. The number of nitrogens with one attached hydrogen (secondary N) is 1. The third-order valence-electron chi connectivity index (χ3n) is 2.41. The Kier molecular flexibility index (Phi) is 4.26. The van der Waals surface area contributed by atoms with Crippen molar-refractivity contribution >= 4 is 0 Å². The van der Waals surface area contributed by atoms with E-state index in [4.69, 9.17) is 4.52 Å². The molecule has 0 spiro atoms. The standard InChI is InChI=1S/C11H17N5O/c1-10-14-11(17-15-10)3-5-12-4-2-7-16-8-6-13-9-16/h6,8-9,12H,2-5,7H2,1H3. The van der Waals surface area contributed by atoms with E-state index in [1.807, 2.05) is 19.4 Å². The van der Waals surface area contributed by atoms with Gasteiger partial charge in [0.25, 0.3) is 0 Å². The maximum atomic E-state index is 5.02. The highest BCUT2D eigenvalue weighted by atomic mass is 16.5. The van der Waals surface area contributed by atoms with E-state index in [0.717, 1.165) is 32.5 Å². The Morgan fingerprint density at radius 2 is 2.35 bits per heavy atom. The van der Waals surface area contributed by atoms with Gasteiger partial charge in [-0.2, -0.15) is 4.98 Å². The predicted octanol–water partition coefficient (Wildman–Crippen LogP) is 0.797. The molecule has 17 heavy (non-hydrogen) atoms. The smallest absolute Gasteiger partial charge is 0.227 e. The van der Waals surface area contributed by atoms with Gasteiger partial charge in [0.1, 0.15) is 0 Å². The molecule has 0 unspecified atom stereocenters. The maximum Gasteiger partial charge on any atom is 0.227 e. The molecule has 0 radical (unpaired) electrons. The summed E-state index contributed by atoms with van der Waals surface area (Å²) in [5.74, 6) is 1.39. The molecule has 0 fully saturated rings. The van der Waals surface area contributed by atoms with Gasteiger partial charge in [-0.05, 0) is 19.9 Å². The van der Waals surface area contributed by atoms with Crippen LogP contribution in [0.4, 0.5) is 0 Å². The molecule has 0 amide bonds. The largest absolute Gasteiger partial charge is 0.339 e. The minimum absolute atomic E-state index is 0.695. The lowest BCUT2D eigenvalue weighted by Gasteiger charge is -2.03. The van der Waals surface area contributed by atoms with Crippen LogP contribution in [0.3, 0.4) is 0 Å². The highest BCUT2D eigenvalue weighted by Gasteiger charge is 2.00. The predicted molar refractivity (Wildman–Crippen MR) is 62.5 cm³/mol. The molecule has 2 aromatic rings. The fourth-order valence-electron chi connectivity index (χ4n) is 1.57. The highest BCUT2D eigenvalue weighted by molar-refractivity contribution is 4.83. The minimum atomic E-state index is 0.695. The molecule has 92 valence electrons. The summed E-state index contributed by atoms with van der Waals surface area (Å²) in [6, 6.07) is 0. The Bertz CT molecular complexity index is 423. The first kappa shape index (κ1) is 11.8. The van der Waals surface area contributed by atoms with E-state index >= 15 is 0 Å². The number of hydrogen-bond acceptors (Lipinski definition) is 5. The third kappa shape index (κ3) is 3.99. The van der Waals surface area contributed by atoms with Crippen molar-refractivity contribution in [3.8, 4) is 0 Å². The van der Waals surface area contributed by atoms with Crippen molar-refractivity contribution in [2.75, 3.05) is 13.1 Å². The van der Waals surface area contributed by atoms with E-state index in [-0.39, 0.29) is 0 Å². The zero-order valence-corrected chi connectivity index (χ0v) is 9.96. The normalized spacial score (nSPS) is 10.9. The van der Waals surface area contributed by atoms with Gasteiger partial charge in [0.15, 0.2) is 5.82 Å². The van der Waals surface area contributed by atoms with Gasteiger partial charge in [0.05, 0.1) is 6.33 Å². The second-order valence-corrected chi connectivity index (χ2v) is 3.89. The van der Waals surface area contributed by atoms with Crippen LogP contribution in [-0.2, 0) is 13.0 Å². The Morgan fingerprint density at radius 3 is 3.06 bits per heavy atom. The molecule has 0 atom stereocenters. The third-order valence-corrected chi connectivity index (χ3v) is 2.41. The molecular weight excluding hydrogens is 218 g/mol. The van der Waals surface area contributed by atoms with Crippen molar-refractivity contribution in [3.63, 3.8) is 0 Å². The number of nitrogens with zero attached hydrogens (tertiary/aromatic N) is 4. The summed E-state index contributed by atoms with van der Waals surface area (Å²) < 4.78 is 7.09. The molecule has 2 heterocycles. The van der Waals surface area contributed by atoms with Crippen LogP contribution in [-0.4, -0.2) is 32.8 Å². The first-order chi connectivity index (χ1) is 8.34. The van der Waals surface area contributed by atoms with Crippen LogP contribution in [0.2, 0.25) is 0 Å². The van der Waals surface area contributed by atoms with Gasteiger partial charge in [-0.25, -0.2) is 4.98 Å². The molecule has 0 aliphatic heterocycles. The lowest BCUT2D eigenvalue weighted by atomic mass is 10.4. The lowest BCUT2D eigenvalue weighted by molar-refractivity contribution is 0.372. The molecule has 0 aromatic carbocycles. The Labute approximate surface area is 100 Å². The Morgan fingerprint density at radius 1 is 1.41 bits per heavy atom. The molecule has 0 saturated heterocycles. The molecule has 0 bridgehead atoms. The first-order valence-electron chi connectivity index (χ1n) is 5.80.